The highest BCUT2D eigenvalue weighted by Gasteiger charge is 2.39. The van der Waals surface area contributed by atoms with Gasteiger partial charge in [-0.05, 0) is 67.2 Å². The number of nitrogens with one attached hydrogen (secondary N) is 1. The molecule has 8 nitrogen and oxygen atoms in total. The molecule has 9 heteroatoms. The van der Waals surface area contributed by atoms with Crippen LogP contribution in [0.4, 0.5) is 15.6 Å². The molecule has 3 heterocycles. The number of likely N-dealkylation sites (tertiary alicyclic amines) is 1. The van der Waals surface area contributed by atoms with Gasteiger partial charge in [-0.1, -0.05) is 20.8 Å². The van der Waals surface area contributed by atoms with Gasteiger partial charge < -0.3 is 14.9 Å². The minimum absolute atomic E-state index is 0.105. The Kier molecular flexibility index (Phi) is 6.88. The fourth-order valence-electron chi connectivity index (χ4n) is 5.31. The predicted octanol–water partition coefficient (Wildman–Crippen LogP) is 4.81. The highest BCUT2D eigenvalue weighted by atomic mass is 32.1. The second kappa shape index (κ2) is 9.67. The van der Waals surface area contributed by atoms with E-state index in [9.17, 15) is 14.7 Å². The number of nitrogens with zero attached hydrogens (tertiary/aromatic N) is 4. The van der Waals surface area contributed by atoms with E-state index in [2.05, 4.69) is 40.3 Å². The molecule has 178 valence electrons. The van der Waals surface area contributed by atoms with Gasteiger partial charge in [0, 0.05) is 48.5 Å². The maximum Gasteiger partial charge on any atom is 0.407 e. The molecule has 1 aromatic heterocycles. The van der Waals surface area contributed by atoms with E-state index in [0.29, 0.717) is 41.7 Å². The van der Waals surface area contributed by atoms with Gasteiger partial charge in [0.2, 0.25) is 5.13 Å². The Bertz CT molecular complexity index is 949. The van der Waals surface area contributed by atoms with E-state index in [1.807, 2.05) is 24.3 Å². The van der Waals surface area contributed by atoms with Crippen LogP contribution in [0.15, 0.2) is 30.6 Å². The summed E-state index contributed by atoms with van der Waals surface area (Å²) in [5.74, 6) is 1.04. The maximum atomic E-state index is 12.5. The number of hydrogen-bond donors (Lipinski definition) is 2. The van der Waals surface area contributed by atoms with Gasteiger partial charge in [-0.25, -0.2) is 9.78 Å². The Morgan fingerprint density at radius 2 is 1.73 bits per heavy atom. The molecule has 4 rings (SSSR count). The number of carbonyl (C=O) groups excluding carboxylic acids is 1. The molecule has 2 aliphatic heterocycles. The van der Waals surface area contributed by atoms with Crippen molar-refractivity contribution in [2.24, 2.45) is 17.3 Å². The third-order valence-electron chi connectivity index (χ3n) is 7.16. The number of rotatable bonds is 4. The Morgan fingerprint density at radius 3 is 2.30 bits per heavy atom. The molecule has 0 spiro atoms. The lowest BCUT2D eigenvalue weighted by molar-refractivity contribution is 0.0957. The third-order valence-corrected chi connectivity index (χ3v) is 7.74. The summed E-state index contributed by atoms with van der Waals surface area (Å²) >= 11 is 1.16. The number of hydrogen-bond acceptors (Lipinski definition) is 6. The van der Waals surface area contributed by atoms with Crippen LogP contribution < -0.4 is 10.2 Å². The SMILES string of the molecule is CC(C)(C)C1CC(C2CCN(C(=O)O)CC2)CCN1c1ccc(C(=O)Nc2ncns2)cc1. The topological polar surface area (TPSA) is 98.7 Å². The van der Waals surface area contributed by atoms with Crippen molar-refractivity contribution in [3.63, 3.8) is 0 Å². The van der Waals surface area contributed by atoms with Gasteiger partial charge in [-0.2, -0.15) is 4.37 Å². The molecule has 0 radical (unpaired) electrons. The molecule has 2 fully saturated rings. The minimum Gasteiger partial charge on any atom is -0.465 e. The smallest absolute Gasteiger partial charge is 0.407 e. The molecule has 0 saturated carbocycles. The first-order chi connectivity index (χ1) is 15.7. The predicted molar refractivity (Wildman–Crippen MR) is 130 cm³/mol. The molecule has 2 unspecified atom stereocenters. The lowest BCUT2D eigenvalue weighted by atomic mass is 9.71. The normalized spacial score (nSPS) is 22.3. The maximum absolute atomic E-state index is 12.5. The second-order valence-electron chi connectivity index (χ2n) is 10.2. The number of anilines is 2. The largest absolute Gasteiger partial charge is 0.465 e. The van der Waals surface area contributed by atoms with E-state index >= 15 is 0 Å². The Labute approximate surface area is 199 Å². The summed E-state index contributed by atoms with van der Waals surface area (Å²) in [6, 6.07) is 8.21. The van der Waals surface area contributed by atoms with Crippen LogP contribution in [0, 0.1) is 17.3 Å². The van der Waals surface area contributed by atoms with Crippen LogP contribution in [0.1, 0.15) is 56.8 Å². The number of piperidine rings is 2. The summed E-state index contributed by atoms with van der Waals surface area (Å²) in [4.78, 5) is 31.8. The lowest BCUT2D eigenvalue weighted by Gasteiger charge is -2.49. The van der Waals surface area contributed by atoms with E-state index < -0.39 is 6.09 Å². The van der Waals surface area contributed by atoms with Crippen molar-refractivity contribution in [1.82, 2.24) is 14.3 Å². The molecule has 2 saturated heterocycles. The van der Waals surface area contributed by atoms with Crippen molar-refractivity contribution in [2.45, 2.75) is 52.5 Å². The van der Waals surface area contributed by atoms with Gasteiger partial charge in [0.1, 0.15) is 6.33 Å². The summed E-state index contributed by atoms with van der Waals surface area (Å²) in [5.41, 5.74) is 1.84. The molecule has 2 atom stereocenters. The summed E-state index contributed by atoms with van der Waals surface area (Å²) in [6.45, 7) is 9.17. The third kappa shape index (κ3) is 5.46. The van der Waals surface area contributed by atoms with E-state index in [-0.39, 0.29) is 11.3 Å². The summed E-state index contributed by atoms with van der Waals surface area (Å²) < 4.78 is 3.91. The molecule has 0 bridgehead atoms. The van der Waals surface area contributed by atoms with Crippen LogP contribution in [0.3, 0.4) is 0 Å². The van der Waals surface area contributed by atoms with Crippen molar-refractivity contribution < 1.29 is 14.7 Å². The van der Waals surface area contributed by atoms with Gasteiger partial charge in [0.25, 0.3) is 5.91 Å². The zero-order valence-electron chi connectivity index (χ0n) is 19.5. The average Bonchev–Trinajstić information content (AvgIpc) is 3.31. The molecular weight excluding hydrogens is 438 g/mol. The Balaban J connectivity index is 1.43. The molecule has 1 aromatic carbocycles. The Morgan fingerprint density at radius 1 is 1.06 bits per heavy atom. The van der Waals surface area contributed by atoms with Gasteiger partial charge in [-0.3, -0.25) is 10.1 Å². The standard InChI is InChI=1S/C24H33N5O3S/c1-24(2,3)20-14-18(16-8-11-28(12-9-16)23(31)32)10-13-29(20)19-6-4-17(5-7-19)21(30)27-22-25-15-26-33-22/h4-7,15-16,18,20H,8-14H2,1-3H3,(H,31,32)(H,25,26,27,30). The summed E-state index contributed by atoms with van der Waals surface area (Å²) in [6.07, 6.45) is 4.79. The average molecular weight is 472 g/mol. The second-order valence-corrected chi connectivity index (χ2v) is 11.0. The van der Waals surface area contributed by atoms with Crippen LogP contribution >= 0.6 is 11.5 Å². The minimum atomic E-state index is -0.795. The molecule has 2 N–H and O–H groups in total. The molecule has 2 aromatic rings. The number of benzene rings is 1. The fourth-order valence-corrected chi connectivity index (χ4v) is 5.74. The molecule has 0 aliphatic carbocycles. The van der Waals surface area contributed by atoms with Gasteiger partial charge in [0.05, 0.1) is 0 Å². The van der Waals surface area contributed by atoms with Crippen molar-refractivity contribution in [2.75, 3.05) is 29.9 Å². The molecule has 2 amide bonds. The first kappa shape index (κ1) is 23.5. The van der Waals surface area contributed by atoms with E-state index in [1.165, 1.54) is 6.33 Å². The van der Waals surface area contributed by atoms with Crippen LogP contribution in [0.5, 0.6) is 0 Å². The van der Waals surface area contributed by atoms with Crippen molar-refractivity contribution in [3.8, 4) is 0 Å². The zero-order valence-corrected chi connectivity index (χ0v) is 20.3. The van der Waals surface area contributed by atoms with Gasteiger partial charge in [-0.15, -0.1) is 0 Å². The van der Waals surface area contributed by atoms with Crippen LogP contribution in [0.25, 0.3) is 0 Å². The number of aromatic nitrogens is 2. The molecular formula is C24H33N5O3S. The first-order valence-electron chi connectivity index (χ1n) is 11.6. The van der Waals surface area contributed by atoms with Crippen molar-refractivity contribution in [1.29, 1.82) is 0 Å². The van der Waals surface area contributed by atoms with Crippen LogP contribution in [-0.2, 0) is 0 Å². The van der Waals surface area contributed by atoms with Crippen LogP contribution in [-0.4, -0.2) is 57.0 Å². The Hall–Kier alpha value is -2.68. The zero-order chi connectivity index (χ0) is 23.6. The first-order valence-corrected chi connectivity index (χ1v) is 12.4. The van der Waals surface area contributed by atoms with Gasteiger partial charge in [0.15, 0.2) is 0 Å². The molecule has 33 heavy (non-hydrogen) atoms. The van der Waals surface area contributed by atoms with E-state index in [1.54, 1.807) is 4.90 Å². The van der Waals surface area contributed by atoms with E-state index in [0.717, 1.165) is 49.4 Å². The number of amides is 2. The highest BCUT2D eigenvalue weighted by molar-refractivity contribution is 7.09. The van der Waals surface area contributed by atoms with Crippen LogP contribution in [0.2, 0.25) is 0 Å². The quantitative estimate of drug-likeness (QED) is 0.664. The lowest BCUT2D eigenvalue weighted by Crippen LogP contribution is -2.51. The monoisotopic (exact) mass is 471 g/mol. The number of carboxylic acid groups (broad SMARTS) is 1. The van der Waals surface area contributed by atoms with E-state index in [4.69, 9.17) is 0 Å². The molecule has 2 aliphatic rings. The number of carbonyl (C=O) groups is 2. The fraction of sp³-hybridized carbons (Fsp3) is 0.583. The summed E-state index contributed by atoms with van der Waals surface area (Å²) in [5, 5.41) is 12.5. The van der Waals surface area contributed by atoms with Gasteiger partial charge >= 0.3 is 6.09 Å². The van der Waals surface area contributed by atoms with Crippen molar-refractivity contribution in [3.05, 3.63) is 36.2 Å². The summed E-state index contributed by atoms with van der Waals surface area (Å²) in [7, 11) is 0. The highest BCUT2D eigenvalue weighted by Crippen LogP contribution is 2.42. The van der Waals surface area contributed by atoms with Crippen molar-refractivity contribution >= 4 is 34.4 Å².